The molecule has 0 aliphatic rings. The van der Waals surface area contributed by atoms with Gasteiger partial charge in [-0.25, -0.2) is 9.97 Å². The Labute approximate surface area is 110 Å². The molecule has 2 aromatic rings. The Kier molecular flexibility index (Phi) is 4.49. The van der Waals surface area contributed by atoms with Crippen molar-refractivity contribution in [2.24, 2.45) is 5.73 Å². The Bertz CT molecular complexity index is 469. The Morgan fingerprint density at radius 3 is 2.94 bits per heavy atom. The third kappa shape index (κ3) is 3.97. The van der Waals surface area contributed by atoms with Crippen molar-refractivity contribution in [3.63, 3.8) is 0 Å². The van der Waals surface area contributed by atoms with Gasteiger partial charge in [-0.3, -0.25) is 0 Å². The van der Waals surface area contributed by atoms with E-state index in [1.54, 1.807) is 17.7 Å². The van der Waals surface area contributed by atoms with Crippen LogP contribution in [0.3, 0.4) is 0 Å². The summed E-state index contributed by atoms with van der Waals surface area (Å²) in [6.45, 7) is 2.80. The molecule has 0 saturated heterocycles. The summed E-state index contributed by atoms with van der Waals surface area (Å²) in [5.74, 6) is 1.60. The van der Waals surface area contributed by atoms with Crippen LogP contribution in [-0.4, -0.2) is 22.6 Å². The van der Waals surface area contributed by atoms with Gasteiger partial charge in [-0.05, 0) is 30.9 Å². The minimum Gasteiger partial charge on any atom is -0.370 e. The molecule has 96 valence electrons. The fraction of sp³-hybridized carbons (Fsp3) is 0.333. The lowest BCUT2D eigenvalue weighted by Gasteiger charge is -2.08. The van der Waals surface area contributed by atoms with Crippen LogP contribution >= 0.6 is 11.3 Å². The highest BCUT2D eigenvalue weighted by Gasteiger charge is 2.00. The van der Waals surface area contributed by atoms with E-state index >= 15 is 0 Å². The average Bonchev–Trinajstić information content (AvgIpc) is 2.82. The maximum Gasteiger partial charge on any atom is 0.136 e. The van der Waals surface area contributed by atoms with Gasteiger partial charge in [-0.15, -0.1) is 11.3 Å². The summed E-state index contributed by atoms with van der Waals surface area (Å²) in [7, 11) is 0. The van der Waals surface area contributed by atoms with Crippen molar-refractivity contribution >= 4 is 28.0 Å². The van der Waals surface area contributed by atoms with Crippen molar-refractivity contribution in [1.29, 1.82) is 0 Å². The summed E-state index contributed by atoms with van der Waals surface area (Å²) in [4.78, 5) is 8.34. The van der Waals surface area contributed by atoms with E-state index in [-0.39, 0.29) is 6.04 Å². The van der Waals surface area contributed by atoms with Gasteiger partial charge in [-0.1, -0.05) is 0 Å². The van der Waals surface area contributed by atoms with Crippen LogP contribution in [0.1, 0.15) is 13.3 Å². The Hall–Kier alpha value is -1.66. The second-order valence-corrected chi connectivity index (χ2v) is 5.03. The van der Waals surface area contributed by atoms with Crippen molar-refractivity contribution in [2.45, 2.75) is 19.4 Å². The minimum absolute atomic E-state index is 0.197. The predicted octanol–water partition coefficient (Wildman–Crippen LogP) is 2.43. The normalized spacial score (nSPS) is 12.1. The molecule has 6 heteroatoms. The minimum atomic E-state index is 0.197. The first-order chi connectivity index (χ1) is 8.74. The molecule has 0 saturated carbocycles. The van der Waals surface area contributed by atoms with E-state index in [1.807, 2.05) is 30.5 Å². The number of anilines is 3. The number of hydrogen-bond acceptors (Lipinski definition) is 6. The summed E-state index contributed by atoms with van der Waals surface area (Å²) in [6, 6.07) is 6.09. The Morgan fingerprint density at radius 1 is 1.39 bits per heavy atom. The zero-order valence-electron chi connectivity index (χ0n) is 10.3. The molecule has 0 aliphatic heterocycles. The topological polar surface area (TPSA) is 75.9 Å². The molecule has 5 nitrogen and oxygen atoms in total. The molecule has 1 unspecified atom stereocenters. The third-order valence-corrected chi connectivity index (χ3v) is 3.13. The van der Waals surface area contributed by atoms with Crippen molar-refractivity contribution in [1.82, 2.24) is 9.97 Å². The van der Waals surface area contributed by atoms with E-state index in [4.69, 9.17) is 5.73 Å². The van der Waals surface area contributed by atoms with Crippen LogP contribution in [0.25, 0.3) is 0 Å². The summed E-state index contributed by atoms with van der Waals surface area (Å²) in [5, 5.41) is 9.54. The molecule has 4 N–H and O–H groups in total. The van der Waals surface area contributed by atoms with Gasteiger partial charge in [0.05, 0.1) is 5.00 Å². The fourth-order valence-corrected chi connectivity index (χ4v) is 2.05. The van der Waals surface area contributed by atoms with E-state index < -0.39 is 0 Å². The molecule has 0 aromatic carbocycles. The highest BCUT2D eigenvalue weighted by Crippen LogP contribution is 2.20. The van der Waals surface area contributed by atoms with Crippen LogP contribution in [0.4, 0.5) is 16.6 Å². The first-order valence-corrected chi connectivity index (χ1v) is 6.74. The third-order valence-electron chi connectivity index (χ3n) is 2.35. The van der Waals surface area contributed by atoms with Gasteiger partial charge in [0.2, 0.25) is 0 Å². The molecule has 0 spiro atoms. The number of aromatic nitrogens is 2. The number of nitrogens with one attached hydrogen (secondary N) is 2. The maximum absolute atomic E-state index is 5.69. The highest BCUT2D eigenvalue weighted by atomic mass is 32.1. The molecule has 0 aliphatic carbocycles. The van der Waals surface area contributed by atoms with Crippen molar-refractivity contribution in [3.05, 3.63) is 29.9 Å². The zero-order valence-corrected chi connectivity index (χ0v) is 11.1. The number of nitrogens with zero attached hydrogens (tertiary/aromatic N) is 2. The SMILES string of the molecule is CC(N)CCNc1cc(Nc2cccs2)ncn1. The zero-order chi connectivity index (χ0) is 12.8. The first kappa shape index (κ1) is 12.8. The number of nitrogens with two attached hydrogens (primary N) is 1. The molecule has 2 heterocycles. The molecule has 0 radical (unpaired) electrons. The van der Waals surface area contributed by atoms with Crippen molar-refractivity contribution < 1.29 is 0 Å². The number of thiophene rings is 1. The predicted molar refractivity (Wildman–Crippen MR) is 76.4 cm³/mol. The van der Waals surface area contributed by atoms with Crippen LogP contribution in [0.2, 0.25) is 0 Å². The van der Waals surface area contributed by atoms with Gasteiger partial charge < -0.3 is 16.4 Å². The monoisotopic (exact) mass is 263 g/mol. The summed E-state index contributed by atoms with van der Waals surface area (Å²) in [6.07, 6.45) is 2.46. The first-order valence-electron chi connectivity index (χ1n) is 5.86. The fourth-order valence-electron chi connectivity index (χ4n) is 1.43. The second kappa shape index (κ2) is 6.32. The van der Waals surface area contributed by atoms with E-state index in [9.17, 15) is 0 Å². The molecule has 0 amide bonds. The van der Waals surface area contributed by atoms with Crippen molar-refractivity contribution in [2.75, 3.05) is 17.2 Å². The largest absolute Gasteiger partial charge is 0.370 e. The molecule has 18 heavy (non-hydrogen) atoms. The van der Waals surface area contributed by atoms with Gasteiger partial charge >= 0.3 is 0 Å². The molecule has 2 rings (SSSR count). The van der Waals surface area contributed by atoms with Crippen LogP contribution in [-0.2, 0) is 0 Å². The Balaban J connectivity index is 1.92. The van der Waals surface area contributed by atoms with Crippen LogP contribution in [0.15, 0.2) is 29.9 Å². The van der Waals surface area contributed by atoms with Crippen LogP contribution in [0, 0.1) is 0 Å². The van der Waals surface area contributed by atoms with Crippen LogP contribution < -0.4 is 16.4 Å². The number of hydrogen-bond donors (Lipinski definition) is 3. The lowest BCUT2D eigenvalue weighted by molar-refractivity contribution is 0.689. The van der Waals surface area contributed by atoms with E-state index in [0.717, 1.165) is 29.6 Å². The summed E-state index contributed by atoms with van der Waals surface area (Å²) >= 11 is 1.64. The van der Waals surface area contributed by atoms with Crippen molar-refractivity contribution in [3.8, 4) is 0 Å². The van der Waals surface area contributed by atoms with Gasteiger partial charge in [0.15, 0.2) is 0 Å². The summed E-state index contributed by atoms with van der Waals surface area (Å²) in [5.41, 5.74) is 5.69. The molecule has 0 fully saturated rings. The second-order valence-electron chi connectivity index (χ2n) is 4.08. The average molecular weight is 263 g/mol. The van der Waals surface area contributed by atoms with E-state index in [2.05, 4.69) is 20.6 Å². The van der Waals surface area contributed by atoms with E-state index in [1.165, 1.54) is 0 Å². The van der Waals surface area contributed by atoms with Gasteiger partial charge in [-0.2, -0.15) is 0 Å². The standard InChI is InChI=1S/C12H17N5S/c1-9(13)4-5-14-10-7-11(16-8-15-10)17-12-3-2-6-18-12/h2-3,6-9H,4-5,13H2,1H3,(H2,14,15,16,17). The van der Waals surface area contributed by atoms with Crippen LogP contribution in [0.5, 0.6) is 0 Å². The van der Waals surface area contributed by atoms with Gasteiger partial charge in [0.1, 0.15) is 18.0 Å². The lowest BCUT2D eigenvalue weighted by atomic mass is 10.2. The Morgan fingerprint density at radius 2 is 2.22 bits per heavy atom. The molecular weight excluding hydrogens is 246 g/mol. The lowest BCUT2D eigenvalue weighted by Crippen LogP contribution is -2.19. The van der Waals surface area contributed by atoms with Gasteiger partial charge in [0, 0.05) is 18.7 Å². The molecule has 0 bridgehead atoms. The number of rotatable bonds is 6. The van der Waals surface area contributed by atoms with E-state index in [0.29, 0.717) is 0 Å². The highest BCUT2D eigenvalue weighted by molar-refractivity contribution is 7.14. The van der Waals surface area contributed by atoms with Gasteiger partial charge in [0.25, 0.3) is 0 Å². The molecule has 2 aromatic heterocycles. The summed E-state index contributed by atoms with van der Waals surface area (Å²) < 4.78 is 0. The maximum atomic E-state index is 5.69. The molecule has 1 atom stereocenters. The quantitative estimate of drug-likeness (QED) is 0.746. The molecular formula is C12H17N5S. The smallest absolute Gasteiger partial charge is 0.136 e.